The van der Waals surface area contributed by atoms with Crippen molar-refractivity contribution >= 4 is 60.9 Å². The van der Waals surface area contributed by atoms with Crippen LogP contribution in [0.25, 0.3) is 77.3 Å². The third-order valence-corrected chi connectivity index (χ3v) is 9.85. The van der Waals surface area contributed by atoms with E-state index in [4.69, 9.17) is 8.83 Å². The number of fused-ring (bicyclic) bond motifs is 6. The number of anilines is 3. The summed E-state index contributed by atoms with van der Waals surface area (Å²) in [5.74, 6) is 0. The van der Waals surface area contributed by atoms with Crippen molar-refractivity contribution in [3.63, 3.8) is 0 Å². The van der Waals surface area contributed by atoms with Gasteiger partial charge in [-0.1, -0.05) is 133 Å². The Morgan fingerprint density at radius 3 is 1.31 bits per heavy atom. The Morgan fingerprint density at radius 1 is 0.294 bits per heavy atom. The normalized spacial score (nSPS) is 11.5. The molecule has 8 aromatic carbocycles. The summed E-state index contributed by atoms with van der Waals surface area (Å²) >= 11 is 0. The van der Waals surface area contributed by atoms with Crippen LogP contribution < -0.4 is 4.90 Å². The summed E-state index contributed by atoms with van der Waals surface area (Å²) in [6, 6.07) is 66.2. The van der Waals surface area contributed by atoms with Gasteiger partial charge in [0.1, 0.15) is 22.3 Å². The van der Waals surface area contributed by atoms with Crippen molar-refractivity contribution in [3.05, 3.63) is 188 Å². The maximum Gasteiger partial charge on any atom is 0.143 e. The Kier molecular flexibility index (Phi) is 6.81. The van der Waals surface area contributed by atoms with Crippen molar-refractivity contribution in [1.29, 1.82) is 0 Å². The van der Waals surface area contributed by atoms with E-state index in [0.717, 1.165) is 83.2 Å². The van der Waals surface area contributed by atoms with E-state index in [0.29, 0.717) is 0 Å². The lowest BCUT2D eigenvalue weighted by Gasteiger charge is -2.27. The topological polar surface area (TPSA) is 29.5 Å². The lowest BCUT2D eigenvalue weighted by Crippen LogP contribution is -2.10. The molecule has 0 amide bonds. The minimum absolute atomic E-state index is 0.877. The highest BCUT2D eigenvalue weighted by atomic mass is 16.3. The first-order valence-corrected chi connectivity index (χ1v) is 17.3. The summed E-state index contributed by atoms with van der Waals surface area (Å²) in [5.41, 5.74) is 13.2. The molecule has 0 bridgehead atoms. The van der Waals surface area contributed by atoms with Gasteiger partial charge in [0.15, 0.2) is 0 Å². The van der Waals surface area contributed by atoms with Crippen LogP contribution in [-0.4, -0.2) is 0 Å². The Balaban J connectivity index is 1.23. The lowest BCUT2D eigenvalue weighted by atomic mass is 9.95. The van der Waals surface area contributed by atoms with Crippen LogP contribution in [0.1, 0.15) is 0 Å². The SMILES string of the molecule is c1ccc(-c2ccc(N(c3ccccc3)c3cc(-c4cccc5c4oc4ccccc45)cc(-c4cccc5c4oc4ccccc45)c3)cc2)cc1. The fourth-order valence-corrected chi connectivity index (χ4v) is 7.46. The number of hydrogen-bond acceptors (Lipinski definition) is 3. The first kappa shape index (κ1) is 29.1. The van der Waals surface area contributed by atoms with E-state index < -0.39 is 0 Å². The number of nitrogens with zero attached hydrogens (tertiary/aromatic N) is 1. The first-order chi connectivity index (χ1) is 25.3. The molecule has 0 spiro atoms. The number of rotatable bonds is 6. The quantitative estimate of drug-likeness (QED) is 0.179. The molecule has 51 heavy (non-hydrogen) atoms. The molecular weight excluding hydrogens is 623 g/mol. The Labute approximate surface area is 295 Å². The van der Waals surface area contributed by atoms with Crippen molar-refractivity contribution in [2.45, 2.75) is 0 Å². The molecule has 3 heteroatoms. The molecule has 0 aliphatic heterocycles. The zero-order chi connectivity index (χ0) is 33.7. The van der Waals surface area contributed by atoms with Crippen molar-refractivity contribution in [2.75, 3.05) is 4.90 Å². The third kappa shape index (κ3) is 4.98. The maximum absolute atomic E-state index is 6.59. The molecule has 0 atom stereocenters. The van der Waals surface area contributed by atoms with Crippen LogP contribution in [0, 0.1) is 0 Å². The molecule has 0 radical (unpaired) electrons. The van der Waals surface area contributed by atoms with E-state index in [1.165, 1.54) is 11.1 Å². The molecule has 0 saturated carbocycles. The van der Waals surface area contributed by atoms with Gasteiger partial charge in [-0.05, 0) is 76.9 Å². The number of benzene rings is 8. The lowest BCUT2D eigenvalue weighted by molar-refractivity contribution is 0.670. The number of para-hydroxylation sites is 5. The van der Waals surface area contributed by atoms with E-state index in [1.807, 2.05) is 24.3 Å². The number of furan rings is 2. The van der Waals surface area contributed by atoms with E-state index in [9.17, 15) is 0 Å². The predicted octanol–water partition coefficient (Wildman–Crippen LogP) is 14.0. The second kappa shape index (κ2) is 11.9. The van der Waals surface area contributed by atoms with Crippen LogP contribution in [0.5, 0.6) is 0 Å². The zero-order valence-electron chi connectivity index (χ0n) is 27.7. The van der Waals surface area contributed by atoms with Crippen LogP contribution in [0.15, 0.2) is 197 Å². The monoisotopic (exact) mass is 653 g/mol. The van der Waals surface area contributed by atoms with E-state index >= 15 is 0 Å². The second-order valence-corrected chi connectivity index (χ2v) is 12.9. The van der Waals surface area contributed by atoms with Gasteiger partial charge in [0.25, 0.3) is 0 Å². The Hall–Kier alpha value is -6.84. The number of hydrogen-bond donors (Lipinski definition) is 0. The van der Waals surface area contributed by atoms with Gasteiger partial charge >= 0.3 is 0 Å². The van der Waals surface area contributed by atoms with Crippen LogP contribution >= 0.6 is 0 Å². The average molecular weight is 654 g/mol. The molecule has 0 N–H and O–H groups in total. The average Bonchev–Trinajstić information content (AvgIpc) is 3.78. The molecule has 0 saturated heterocycles. The third-order valence-electron chi connectivity index (χ3n) is 9.85. The van der Waals surface area contributed by atoms with Gasteiger partial charge in [-0.2, -0.15) is 0 Å². The fourth-order valence-electron chi connectivity index (χ4n) is 7.46. The van der Waals surface area contributed by atoms with Gasteiger partial charge in [0, 0.05) is 49.7 Å². The maximum atomic E-state index is 6.59. The Bertz CT molecular complexity index is 2720. The summed E-state index contributed by atoms with van der Waals surface area (Å²) in [6.45, 7) is 0. The van der Waals surface area contributed by atoms with E-state index in [2.05, 4.69) is 169 Å². The van der Waals surface area contributed by atoms with Gasteiger partial charge < -0.3 is 13.7 Å². The molecule has 10 aromatic rings. The zero-order valence-corrected chi connectivity index (χ0v) is 27.7. The van der Waals surface area contributed by atoms with Crippen LogP contribution in [-0.2, 0) is 0 Å². The summed E-state index contributed by atoms with van der Waals surface area (Å²) in [5, 5.41) is 4.43. The van der Waals surface area contributed by atoms with E-state index in [1.54, 1.807) is 0 Å². The van der Waals surface area contributed by atoms with Crippen molar-refractivity contribution < 1.29 is 8.83 Å². The van der Waals surface area contributed by atoms with Crippen LogP contribution in [0.4, 0.5) is 17.1 Å². The van der Waals surface area contributed by atoms with Gasteiger partial charge in [0.05, 0.1) is 0 Å². The molecule has 10 rings (SSSR count). The fraction of sp³-hybridized carbons (Fsp3) is 0. The van der Waals surface area contributed by atoms with Gasteiger partial charge in [0.2, 0.25) is 0 Å². The summed E-state index contributed by atoms with van der Waals surface area (Å²) in [6.07, 6.45) is 0. The second-order valence-electron chi connectivity index (χ2n) is 12.9. The molecule has 240 valence electrons. The van der Waals surface area contributed by atoms with Gasteiger partial charge in [-0.25, -0.2) is 0 Å². The smallest absolute Gasteiger partial charge is 0.143 e. The van der Waals surface area contributed by atoms with Crippen molar-refractivity contribution in [1.82, 2.24) is 0 Å². The highest BCUT2D eigenvalue weighted by Gasteiger charge is 2.20. The van der Waals surface area contributed by atoms with Crippen LogP contribution in [0.2, 0.25) is 0 Å². The highest BCUT2D eigenvalue weighted by Crippen LogP contribution is 2.44. The minimum atomic E-state index is 0.877. The summed E-state index contributed by atoms with van der Waals surface area (Å²) < 4.78 is 13.2. The van der Waals surface area contributed by atoms with Gasteiger partial charge in [-0.3, -0.25) is 0 Å². The Morgan fingerprint density at radius 2 is 0.745 bits per heavy atom. The van der Waals surface area contributed by atoms with E-state index in [-0.39, 0.29) is 0 Å². The standard InChI is InChI=1S/C48H31NO2/c1-3-13-32(14-4-1)33-25-27-37(28-26-33)49(36-15-5-2-6-16-36)38-30-34(39-19-11-21-43-41-17-7-9-23-45(41)50-47(39)43)29-35(31-38)40-20-12-22-44-42-18-8-10-24-46(42)51-48(40)44/h1-31H. The molecule has 3 nitrogen and oxygen atoms in total. The predicted molar refractivity (Wildman–Crippen MR) is 212 cm³/mol. The summed E-state index contributed by atoms with van der Waals surface area (Å²) in [4.78, 5) is 2.33. The van der Waals surface area contributed by atoms with Gasteiger partial charge in [-0.15, -0.1) is 0 Å². The molecular formula is C48H31NO2. The minimum Gasteiger partial charge on any atom is -0.455 e. The molecule has 0 aliphatic carbocycles. The molecule has 0 aliphatic rings. The molecule has 0 unspecified atom stereocenters. The van der Waals surface area contributed by atoms with Crippen molar-refractivity contribution in [2.24, 2.45) is 0 Å². The molecule has 0 fully saturated rings. The molecule has 2 heterocycles. The van der Waals surface area contributed by atoms with Crippen molar-refractivity contribution in [3.8, 4) is 33.4 Å². The largest absolute Gasteiger partial charge is 0.455 e. The molecule has 2 aromatic heterocycles. The highest BCUT2D eigenvalue weighted by molar-refractivity contribution is 6.11. The first-order valence-electron chi connectivity index (χ1n) is 17.3. The summed E-state index contributed by atoms with van der Waals surface area (Å²) in [7, 11) is 0. The van der Waals surface area contributed by atoms with Crippen LogP contribution in [0.3, 0.4) is 0 Å².